The number of hydrogen-bond acceptors (Lipinski definition) is 4. The fourth-order valence-electron chi connectivity index (χ4n) is 2.14. The third kappa shape index (κ3) is 4.37. The van der Waals surface area contributed by atoms with Gasteiger partial charge in [0.05, 0.1) is 18.3 Å². The van der Waals surface area contributed by atoms with Crippen molar-refractivity contribution >= 4 is 17.5 Å². The van der Waals surface area contributed by atoms with E-state index >= 15 is 0 Å². The Morgan fingerprint density at radius 2 is 2.20 bits per heavy atom. The first-order chi connectivity index (χ1) is 9.66. The van der Waals surface area contributed by atoms with E-state index in [-0.39, 0.29) is 23.3 Å². The van der Waals surface area contributed by atoms with Crippen molar-refractivity contribution in [2.75, 3.05) is 26.2 Å². The number of phenols is 1. The Bertz CT molecular complexity index is 462. The van der Waals surface area contributed by atoms with E-state index in [1.807, 2.05) is 0 Å². The van der Waals surface area contributed by atoms with Crippen LogP contribution in [0.4, 0.5) is 0 Å². The Balaban J connectivity index is 1.72. The first-order valence-electron chi connectivity index (χ1n) is 6.76. The fraction of sp³-hybridized carbons (Fsp3) is 0.500. The summed E-state index contributed by atoms with van der Waals surface area (Å²) in [5.41, 5.74) is 0.219. The number of rotatable bonds is 5. The zero-order valence-corrected chi connectivity index (χ0v) is 11.9. The van der Waals surface area contributed by atoms with Crippen molar-refractivity contribution in [3.63, 3.8) is 0 Å². The molecule has 6 heteroatoms. The minimum atomic E-state index is -0.326. The van der Waals surface area contributed by atoms with Gasteiger partial charge >= 0.3 is 0 Å². The van der Waals surface area contributed by atoms with Crippen LogP contribution in [0, 0.1) is 0 Å². The van der Waals surface area contributed by atoms with Gasteiger partial charge in [0.1, 0.15) is 5.75 Å². The maximum Gasteiger partial charge on any atom is 0.255 e. The van der Waals surface area contributed by atoms with E-state index in [1.54, 1.807) is 6.07 Å². The number of aromatic hydroxyl groups is 1. The molecule has 0 radical (unpaired) electrons. The highest BCUT2D eigenvalue weighted by Gasteiger charge is 2.14. The highest BCUT2D eigenvalue weighted by Crippen LogP contribution is 2.21. The quantitative estimate of drug-likeness (QED) is 0.721. The van der Waals surface area contributed by atoms with Gasteiger partial charge < -0.3 is 20.5 Å². The van der Waals surface area contributed by atoms with Crippen molar-refractivity contribution in [3.05, 3.63) is 28.8 Å². The van der Waals surface area contributed by atoms with Crippen LogP contribution in [0.25, 0.3) is 0 Å². The summed E-state index contributed by atoms with van der Waals surface area (Å²) in [6, 6.07) is 4.42. The number of benzene rings is 1. The van der Waals surface area contributed by atoms with Gasteiger partial charge in [0.25, 0.3) is 5.91 Å². The second-order valence-electron chi connectivity index (χ2n) is 4.74. The molecule has 1 heterocycles. The number of nitrogens with one attached hydrogen (secondary N) is 2. The molecule has 0 spiro atoms. The Kier molecular flexibility index (Phi) is 5.64. The highest BCUT2D eigenvalue weighted by atomic mass is 35.5. The summed E-state index contributed by atoms with van der Waals surface area (Å²) in [6.07, 6.45) is 2.29. The van der Waals surface area contributed by atoms with Gasteiger partial charge in [0.2, 0.25) is 0 Å². The average Bonchev–Trinajstić information content (AvgIpc) is 2.44. The van der Waals surface area contributed by atoms with Crippen molar-refractivity contribution in [1.29, 1.82) is 0 Å². The average molecular weight is 299 g/mol. The van der Waals surface area contributed by atoms with E-state index in [2.05, 4.69) is 10.6 Å². The lowest BCUT2D eigenvalue weighted by Crippen LogP contribution is -2.34. The molecule has 20 heavy (non-hydrogen) atoms. The largest absolute Gasteiger partial charge is 0.507 e. The number of amides is 1. The number of ether oxygens (including phenoxy) is 1. The second kappa shape index (κ2) is 7.47. The molecule has 2 rings (SSSR count). The zero-order valence-electron chi connectivity index (χ0n) is 11.2. The van der Waals surface area contributed by atoms with E-state index < -0.39 is 0 Å². The molecule has 0 saturated carbocycles. The van der Waals surface area contributed by atoms with Crippen LogP contribution < -0.4 is 10.6 Å². The molecule has 1 saturated heterocycles. The van der Waals surface area contributed by atoms with Gasteiger partial charge in [-0.05, 0) is 44.1 Å². The van der Waals surface area contributed by atoms with E-state index in [0.717, 1.165) is 25.9 Å². The van der Waals surface area contributed by atoms with E-state index in [4.69, 9.17) is 16.3 Å². The summed E-state index contributed by atoms with van der Waals surface area (Å²) in [5, 5.41) is 16.0. The fourth-order valence-corrected chi connectivity index (χ4v) is 2.31. The molecule has 0 aromatic heterocycles. The lowest BCUT2D eigenvalue weighted by atomic mass is 10.1. The Hall–Kier alpha value is -1.30. The number of halogens is 1. The van der Waals surface area contributed by atoms with Crippen LogP contribution in [0.1, 0.15) is 23.2 Å². The predicted molar refractivity (Wildman–Crippen MR) is 77.3 cm³/mol. The molecule has 1 aromatic carbocycles. The van der Waals surface area contributed by atoms with Gasteiger partial charge in [-0.15, -0.1) is 0 Å². The van der Waals surface area contributed by atoms with Gasteiger partial charge in [-0.1, -0.05) is 11.6 Å². The summed E-state index contributed by atoms with van der Waals surface area (Å²) < 4.78 is 5.68. The molecule has 1 fully saturated rings. The monoisotopic (exact) mass is 298 g/mol. The van der Waals surface area contributed by atoms with Crippen LogP contribution in [-0.4, -0.2) is 43.4 Å². The minimum absolute atomic E-state index is 0.116. The molecule has 5 nitrogen and oxygen atoms in total. The van der Waals surface area contributed by atoms with Crippen molar-refractivity contribution in [2.24, 2.45) is 0 Å². The summed E-state index contributed by atoms with van der Waals surface area (Å²) in [6.45, 7) is 2.86. The van der Waals surface area contributed by atoms with Gasteiger partial charge in [-0.2, -0.15) is 0 Å². The molecule has 0 unspecified atom stereocenters. The van der Waals surface area contributed by atoms with Crippen molar-refractivity contribution in [3.8, 4) is 5.75 Å². The van der Waals surface area contributed by atoms with Crippen LogP contribution in [-0.2, 0) is 4.74 Å². The normalized spacial score (nSPS) is 16.1. The lowest BCUT2D eigenvalue weighted by Gasteiger charge is -2.22. The lowest BCUT2D eigenvalue weighted by molar-refractivity contribution is 0.0343. The van der Waals surface area contributed by atoms with Crippen molar-refractivity contribution in [1.82, 2.24) is 10.6 Å². The number of piperidine rings is 1. The molecule has 3 N–H and O–H groups in total. The first-order valence-corrected chi connectivity index (χ1v) is 7.13. The molecule has 1 aliphatic rings. The molecule has 0 bridgehead atoms. The smallest absolute Gasteiger partial charge is 0.255 e. The summed E-state index contributed by atoms with van der Waals surface area (Å²) in [5.74, 6) is -0.442. The Morgan fingerprint density at radius 1 is 1.45 bits per heavy atom. The molecular weight excluding hydrogens is 280 g/mol. The number of carbonyl (C=O) groups is 1. The molecule has 1 aromatic rings. The molecular formula is C14H19ClN2O3. The van der Waals surface area contributed by atoms with Crippen LogP contribution in [0.3, 0.4) is 0 Å². The van der Waals surface area contributed by atoms with Crippen LogP contribution in [0.5, 0.6) is 5.75 Å². The molecule has 1 amide bonds. The standard InChI is InChI=1S/C14H19ClN2O3/c15-10-1-2-12(13(18)9-10)14(19)17-7-8-20-11-3-5-16-6-4-11/h1-2,9,11,16,18H,3-8H2,(H,17,19). The van der Waals surface area contributed by atoms with Gasteiger partial charge in [0, 0.05) is 11.6 Å². The topological polar surface area (TPSA) is 70.6 Å². The van der Waals surface area contributed by atoms with Crippen molar-refractivity contribution < 1.29 is 14.6 Å². The predicted octanol–water partition coefficient (Wildman–Crippen LogP) is 1.54. The summed E-state index contributed by atoms with van der Waals surface area (Å²) >= 11 is 5.72. The van der Waals surface area contributed by atoms with Crippen LogP contribution >= 0.6 is 11.6 Å². The van der Waals surface area contributed by atoms with Crippen LogP contribution in [0.15, 0.2) is 18.2 Å². The third-order valence-corrected chi connectivity index (χ3v) is 3.47. The molecule has 0 atom stereocenters. The molecule has 0 aliphatic carbocycles. The number of hydrogen-bond donors (Lipinski definition) is 3. The van der Waals surface area contributed by atoms with Crippen LogP contribution in [0.2, 0.25) is 5.02 Å². The van der Waals surface area contributed by atoms with Gasteiger partial charge in [0.15, 0.2) is 0 Å². The SMILES string of the molecule is O=C(NCCOC1CCNCC1)c1ccc(Cl)cc1O. The second-order valence-corrected chi connectivity index (χ2v) is 5.17. The molecule has 1 aliphatic heterocycles. The Morgan fingerprint density at radius 3 is 2.90 bits per heavy atom. The van der Waals surface area contributed by atoms with Crippen molar-refractivity contribution in [2.45, 2.75) is 18.9 Å². The number of carbonyl (C=O) groups excluding carboxylic acids is 1. The van der Waals surface area contributed by atoms with E-state index in [1.165, 1.54) is 12.1 Å². The maximum absolute atomic E-state index is 11.8. The zero-order chi connectivity index (χ0) is 14.4. The van der Waals surface area contributed by atoms with E-state index in [9.17, 15) is 9.90 Å². The minimum Gasteiger partial charge on any atom is -0.507 e. The van der Waals surface area contributed by atoms with Gasteiger partial charge in [-0.3, -0.25) is 4.79 Å². The van der Waals surface area contributed by atoms with E-state index in [0.29, 0.717) is 18.2 Å². The number of phenolic OH excluding ortho intramolecular Hbond substituents is 1. The highest BCUT2D eigenvalue weighted by molar-refractivity contribution is 6.30. The Labute approximate surface area is 123 Å². The molecule has 110 valence electrons. The summed E-state index contributed by atoms with van der Waals surface area (Å²) in [4.78, 5) is 11.8. The summed E-state index contributed by atoms with van der Waals surface area (Å²) in [7, 11) is 0. The van der Waals surface area contributed by atoms with Gasteiger partial charge in [-0.25, -0.2) is 0 Å². The third-order valence-electron chi connectivity index (χ3n) is 3.23. The maximum atomic E-state index is 11.8. The first kappa shape index (κ1) is 15.1.